The van der Waals surface area contributed by atoms with Crippen LogP contribution in [0.5, 0.6) is 0 Å². The van der Waals surface area contributed by atoms with Crippen molar-refractivity contribution in [3.63, 3.8) is 0 Å². The van der Waals surface area contributed by atoms with E-state index in [4.69, 9.17) is 0 Å². The summed E-state index contributed by atoms with van der Waals surface area (Å²) in [6, 6.07) is 0. The topological polar surface area (TPSA) is 0 Å². The van der Waals surface area contributed by atoms with E-state index in [-0.39, 0.29) is 0 Å². The molecule has 74 valence electrons. The molecule has 0 aromatic heterocycles. The zero-order valence-electron chi connectivity index (χ0n) is 8.11. The van der Waals surface area contributed by atoms with Crippen molar-refractivity contribution in [1.82, 2.24) is 0 Å². The SMILES string of the molecule is C1=CCCC(SSC2=CC=CCC2)=C1. The summed E-state index contributed by atoms with van der Waals surface area (Å²) in [6.07, 6.45) is 18.1. The lowest BCUT2D eigenvalue weighted by atomic mass is 10.2. The molecule has 0 N–H and O–H groups in total. The van der Waals surface area contributed by atoms with Gasteiger partial charge < -0.3 is 0 Å². The molecule has 0 aliphatic heterocycles. The smallest absolute Gasteiger partial charge is 0.00356 e. The molecule has 0 fully saturated rings. The first kappa shape index (κ1) is 10.2. The van der Waals surface area contributed by atoms with E-state index < -0.39 is 0 Å². The predicted molar refractivity (Wildman–Crippen MR) is 68.1 cm³/mol. The van der Waals surface area contributed by atoms with Crippen LogP contribution < -0.4 is 0 Å². The highest BCUT2D eigenvalue weighted by Gasteiger charge is 2.04. The van der Waals surface area contributed by atoms with Crippen LogP contribution in [0.1, 0.15) is 25.7 Å². The maximum atomic E-state index is 2.24. The molecule has 0 saturated heterocycles. The Morgan fingerprint density at radius 2 is 1.29 bits per heavy atom. The molecule has 2 aliphatic carbocycles. The Bertz CT molecular complexity index is 276. The molecule has 0 bridgehead atoms. The van der Waals surface area contributed by atoms with E-state index in [9.17, 15) is 0 Å². The van der Waals surface area contributed by atoms with Crippen molar-refractivity contribution in [2.45, 2.75) is 25.7 Å². The van der Waals surface area contributed by atoms with Gasteiger partial charge in [-0.2, -0.15) is 0 Å². The zero-order chi connectivity index (χ0) is 9.64. The Kier molecular flexibility index (Phi) is 4.02. The molecule has 0 saturated carbocycles. The van der Waals surface area contributed by atoms with Crippen LogP contribution in [0.3, 0.4) is 0 Å². The van der Waals surface area contributed by atoms with Crippen LogP contribution in [-0.2, 0) is 0 Å². The highest BCUT2D eigenvalue weighted by molar-refractivity contribution is 8.79. The van der Waals surface area contributed by atoms with Gasteiger partial charge in [0.15, 0.2) is 0 Å². The van der Waals surface area contributed by atoms with Crippen molar-refractivity contribution in [1.29, 1.82) is 0 Å². The molecule has 2 heteroatoms. The predicted octanol–water partition coefficient (Wildman–Crippen LogP) is 4.84. The molecular weight excluding hydrogens is 208 g/mol. The minimum atomic E-state index is 1.21. The lowest BCUT2D eigenvalue weighted by molar-refractivity contribution is 1.02. The normalized spacial score (nSPS) is 20.6. The second kappa shape index (κ2) is 5.52. The van der Waals surface area contributed by atoms with Gasteiger partial charge in [0.2, 0.25) is 0 Å². The van der Waals surface area contributed by atoms with Crippen LogP contribution in [-0.4, -0.2) is 0 Å². The van der Waals surface area contributed by atoms with Crippen molar-refractivity contribution in [2.75, 3.05) is 0 Å². The fourth-order valence-corrected chi connectivity index (χ4v) is 3.77. The molecule has 0 nitrogen and oxygen atoms in total. The van der Waals surface area contributed by atoms with Crippen molar-refractivity contribution in [2.24, 2.45) is 0 Å². The fraction of sp³-hybridized carbons (Fsp3) is 0.333. The summed E-state index contributed by atoms with van der Waals surface area (Å²) in [5.41, 5.74) is 0. The van der Waals surface area contributed by atoms with E-state index in [1.807, 2.05) is 21.6 Å². The first-order valence-electron chi connectivity index (χ1n) is 5.01. The summed E-state index contributed by atoms with van der Waals surface area (Å²) >= 11 is 0. The van der Waals surface area contributed by atoms with Gasteiger partial charge in [0, 0.05) is 0 Å². The molecule has 0 aromatic carbocycles. The average Bonchev–Trinajstić information content (AvgIpc) is 2.29. The van der Waals surface area contributed by atoms with Crippen molar-refractivity contribution in [3.05, 3.63) is 46.3 Å². The van der Waals surface area contributed by atoms with Gasteiger partial charge in [-0.1, -0.05) is 58.0 Å². The molecular formula is C12H14S2. The Morgan fingerprint density at radius 3 is 1.64 bits per heavy atom. The largest absolute Gasteiger partial charge is 0.0842 e. The van der Waals surface area contributed by atoms with Crippen LogP contribution in [0.25, 0.3) is 0 Å². The summed E-state index contributed by atoms with van der Waals surface area (Å²) in [6.45, 7) is 0. The molecule has 2 aliphatic rings. The number of hydrogen-bond donors (Lipinski definition) is 0. The van der Waals surface area contributed by atoms with Gasteiger partial charge in [0.25, 0.3) is 0 Å². The Morgan fingerprint density at radius 1 is 0.786 bits per heavy atom. The third-order valence-corrected chi connectivity index (χ3v) is 4.93. The molecule has 0 heterocycles. The summed E-state index contributed by atoms with van der Waals surface area (Å²) in [7, 11) is 3.86. The molecule has 0 atom stereocenters. The summed E-state index contributed by atoms with van der Waals surface area (Å²) in [5.74, 6) is 0. The zero-order valence-corrected chi connectivity index (χ0v) is 9.74. The van der Waals surface area contributed by atoms with Gasteiger partial charge in [-0.15, -0.1) is 0 Å². The minimum absolute atomic E-state index is 1.21. The quantitative estimate of drug-likeness (QED) is 0.627. The highest BCUT2D eigenvalue weighted by atomic mass is 33.1. The van der Waals surface area contributed by atoms with E-state index in [0.717, 1.165) is 0 Å². The molecule has 0 spiro atoms. The average molecular weight is 222 g/mol. The van der Waals surface area contributed by atoms with Crippen LogP contribution in [0, 0.1) is 0 Å². The van der Waals surface area contributed by atoms with Gasteiger partial charge >= 0.3 is 0 Å². The van der Waals surface area contributed by atoms with Crippen molar-refractivity contribution >= 4 is 21.6 Å². The number of allylic oxidation sites excluding steroid dienone is 8. The molecule has 14 heavy (non-hydrogen) atoms. The molecule has 2 rings (SSSR count). The Hall–Kier alpha value is -0.340. The standard InChI is InChI=1S/C12H14S2/c1-3-7-11(8-4-1)13-14-12-9-5-2-6-10-12/h1-3,5,7,9H,4,6,8,10H2. The summed E-state index contributed by atoms with van der Waals surface area (Å²) in [4.78, 5) is 3.01. The second-order valence-corrected chi connectivity index (χ2v) is 5.75. The lowest BCUT2D eigenvalue weighted by Gasteiger charge is -2.10. The van der Waals surface area contributed by atoms with E-state index in [0.29, 0.717) is 0 Å². The molecule has 0 unspecified atom stereocenters. The third kappa shape index (κ3) is 3.10. The Balaban J connectivity index is 1.81. The fourth-order valence-electron chi connectivity index (χ4n) is 1.41. The van der Waals surface area contributed by atoms with Crippen LogP contribution >= 0.6 is 21.6 Å². The van der Waals surface area contributed by atoms with Crippen LogP contribution in [0.4, 0.5) is 0 Å². The van der Waals surface area contributed by atoms with Crippen LogP contribution in [0.15, 0.2) is 46.3 Å². The van der Waals surface area contributed by atoms with Crippen molar-refractivity contribution < 1.29 is 0 Å². The lowest BCUT2D eigenvalue weighted by Crippen LogP contribution is -1.82. The third-order valence-electron chi connectivity index (χ3n) is 2.21. The maximum absolute atomic E-state index is 2.24. The second-order valence-electron chi connectivity index (χ2n) is 3.37. The Labute approximate surface area is 93.6 Å². The summed E-state index contributed by atoms with van der Waals surface area (Å²) in [5, 5.41) is 0. The van der Waals surface area contributed by atoms with E-state index in [2.05, 4.69) is 36.5 Å². The maximum Gasteiger partial charge on any atom is -0.00356 e. The van der Waals surface area contributed by atoms with Crippen molar-refractivity contribution in [3.8, 4) is 0 Å². The van der Waals surface area contributed by atoms with E-state index in [1.165, 1.54) is 35.5 Å². The van der Waals surface area contributed by atoms with Gasteiger partial charge in [-0.05, 0) is 35.5 Å². The summed E-state index contributed by atoms with van der Waals surface area (Å²) < 4.78 is 0. The molecule has 0 amide bonds. The number of rotatable bonds is 3. The van der Waals surface area contributed by atoms with Crippen LogP contribution in [0.2, 0.25) is 0 Å². The van der Waals surface area contributed by atoms with Gasteiger partial charge in [0.1, 0.15) is 0 Å². The van der Waals surface area contributed by atoms with E-state index >= 15 is 0 Å². The highest BCUT2D eigenvalue weighted by Crippen LogP contribution is 2.41. The monoisotopic (exact) mass is 222 g/mol. The van der Waals surface area contributed by atoms with E-state index in [1.54, 1.807) is 0 Å². The molecule has 0 aromatic rings. The molecule has 0 radical (unpaired) electrons. The minimum Gasteiger partial charge on any atom is -0.0842 e. The first-order valence-corrected chi connectivity index (χ1v) is 7.16. The first-order chi connectivity index (χ1) is 6.95. The number of hydrogen-bond acceptors (Lipinski definition) is 2. The van der Waals surface area contributed by atoms with Gasteiger partial charge in [-0.25, -0.2) is 0 Å². The van der Waals surface area contributed by atoms with Gasteiger partial charge in [-0.3, -0.25) is 0 Å². The van der Waals surface area contributed by atoms with Gasteiger partial charge in [0.05, 0.1) is 0 Å².